The van der Waals surface area contributed by atoms with Crippen LogP contribution in [0.3, 0.4) is 0 Å². The molecule has 1 aromatic rings. The van der Waals surface area contributed by atoms with Gasteiger partial charge in [0.2, 0.25) is 5.91 Å². The summed E-state index contributed by atoms with van der Waals surface area (Å²) < 4.78 is 14.0. The lowest BCUT2D eigenvalue weighted by atomic mass is 10.1. The van der Waals surface area contributed by atoms with Crippen LogP contribution in [-0.2, 0) is 4.79 Å². The number of hydrogen-bond acceptors (Lipinski definition) is 4. The summed E-state index contributed by atoms with van der Waals surface area (Å²) in [7, 11) is 0. The number of carboxylic acid groups (broad SMARTS) is 1. The Morgan fingerprint density at radius 1 is 1.55 bits per heavy atom. The number of likely N-dealkylation sites (tertiary alicyclic amines) is 1. The summed E-state index contributed by atoms with van der Waals surface area (Å²) >= 11 is 3.14. The van der Waals surface area contributed by atoms with Gasteiger partial charge < -0.3 is 16.2 Å². The Morgan fingerprint density at radius 3 is 2.85 bits per heavy atom. The molecule has 0 spiro atoms. The van der Waals surface area contributed by atoms with Crippen molar-refractivity contribution in [3.8, 4) is 0 Å². The minimum absolute atomic E-state index is 0.226. The third-order valence-corrected chi connectivity index (χ3v) is 3.41. The van der Waals surface area contributed by atoms with Crippen LogP contribution in [0.25, 0.3) is 0 Å². The number of rotatable bonds is 2. The van der Waals surface area contributed by atoms with Crippen molar-refractivity contribution in [3.05, 3.63) is 22.8 Å². The molecule has 2 heterocycles. The number of alkyl halides is 1. The van der Waals surface area contributed by atoms with E-state index in [4.69, 9.17) is 10.8 Å². The highest BCUT2D eigenvalue weighted by Crippen LogP contribution is 2.21. The third kappa shape index (κ3) is 2.88. The monoisotopic (exact) mass is 346 g/mol. The smallest absolute Gasteiger partial charge is 0.408 e. The first kappa shape index (κ1) is 14.7. The van der Waals surface area contributed by atoms with Gasteiger partial charge in [-0.05, 0) is 28.1 Å². The van der Waals surface area contributed by atoms with Crippen LogP contribution in [0.4, 0.5) is 15.0 Å². The zero-order valence-corrected chi connectivity index (χ0v) is 11.7. The maximum atomic E-state index is 13.5. The van der Waals surface area contributed by atoms with Crippen LogP contribution in [0.15, 0.2) is 22.8 Å². The lowest BCUT2D eigenvalue weighted by Crippen LogP contribution is -2.50. The standard InChI is InChI=1S/C11H12BrFN4O3/c12-6-2-1-3-7(15-6)16-10(18)9-8(14)5(13)4-17(9)11(19)20/h1-3,5,8-9H,4,14H2,(H,19,20)(H,15,16,18). The molecule has 1 aromatic heterocycles. The Hall–Kier alpha value is -1.74. The Balaban J connectivity index is 2.16. The zero-order valence-electron chi connectivity index (χ0n) is 10.2. The maximum Gasteiger partial charge on any atom is 0.408 e. The van der Waals surface area contributed by atoms with Crippen LogP contribution in [0.2, 0.25) is 0 Å². The molecule has 108 valence electrons. The Morgan fingerprint density at radius 2 is 2.25 bits per heavy atom. The number of nitrogens with zero attached hydrogens (tertiary/aromatic N) is 2. The molecule has 20 heavy (non-hydrogen) atoms. The lowest BCUT2D eigenvalue weighted by Gasteiger charge is -2.22. The van der Waals surface area contributed by atoms with E-state index in [0.29, 0.717) is 9.50 Å². The van der Waals surface area contributed by atoms with Crippen molar-refractivity contribution in [1.29, 1.82) is 0 Å². The summed E-state index contributed by atoms with van der Waals surface area (Å²) in [6.07, 6.45) is -2.96. The number of pyridine rings is 1. The summed E-state index contributed by atoms with van der Waals surface area (Å²) in [5.41, 5.74) is 5.56. The Labute approximate surface area is 122 Å². The number of aromatic nitrogens is 1. The number of halogens is 2. The van der Waals surface area contributed by atoms with Gasteiger partial charge in [-0.15, -0.1) is 0 Å². The van der Waals surface area contributed by atoms with Gasteiger partial charge in [-0.25, -0.2) is 14.2 Å². The van der Waals surface area contributed by atoms with Gasteiger partial charge in [0.25, 0.3) is 0 Å². The molecule has 0 saturated carbocycles. The molecule has 2 rings (SSSR count). The number of nitrogens with one attached hydrogen (secondary N) is 1. The first-order valence-electron chi connectivity index (χ1n) is 5.73. The van der Waals surface area contributed by atoms with Gasteiger partial charge in [0.05, 0.1) is 12.6 Å². The van der Waals surface area contributed by atoms with Crippen LogP contribution in [0, 0.1) is 0 Å². The van der Waals surface area contributed by atoms with Crippen LogP contribution in [0.1, 0.15) is 0 Å². The van der Waals surface area contributed by atoms with Crippen molar-refractivity contribution in [2.24, 2.45) is 5.73 Å². The van der Waals surface area contributed by atoms with E-state index in [1.807, 2.05) is 0 Å². The molecule has 4 N–H and O–H groups in total. The quantitative estimate of drug-likeness (QED) is 0.686. The first-order chi connectivity index (χ1) is 9.40. The van der Waals surface area contributed by atoms with Crippen LogP contribution in [-0.4, -0.2) is 51.8 Å². The SMILES string of the molecule is NC1C(F)CN(C(=O)O)C1C(=O)Nc1cccc(Br)n1. The van der Waals surface area contributed by atoms with E-state index in [1.54, 1.807) is 12.1 Å². The molecule has 3 atom stereocenters. The topological polar surface area (TPSA) is 109 Å². The summed E-state index contributed by atoms with van der Waals surface area (Å²) in [4.78, 5) is 27.8. The summed E-state index contributed by atoms with van der Waals surface area (Å²) in [6.45, 7) is -0.416. The van der Waals surface area contributed by atoms with Crippen LogP contribution in [0.5, 0.6) is 0 Å². The minimum Gasteiger partial charge on any atom is -0.465 e. The average Bonchev–Trinajstić information content (AvgIpc) is 2.66. The molecule has 1 fully saturated rings. The molecule has 0 bridgehead atoms. The van der Waals surface area contributed by atoms with Crippen molar-refractivity contribution >= 4 is 33.7 Å². The van der Waals surface area contributed by atoms with Gasteiger partial charge in [0.15, 0.2) is 0 Å². The molecule has 1 aliphatic heterocycles. The number of amides is 2. The highest BCUT2D eigenvalue weighted by Gasteiger charge is 2.46. The van der Waals surface area contributed by atoms with E-state index in [-0.39, 0.29) is 5.82 Å². The largest absolute Gasteiger partial charge is 0.465 e. The van der Waals surface area contributed by atoms with Gasteiger partial charge >= 0.3 is 6.09 Å². The van der Waals surface area contributed by atoms with Crippen LogP contribution < -0.4 is 11.1 Å². The zero-order chi connectivity index (χ0) is 14.9. The van der Waals surface area contributed by atoms with E-state index in [9.17, 15) is 14.0 Å². The highest BCUT2D eigenvalue weighted by atomic mass is 79.9. The molecular weight excluding hydrogens is 335 g/mol. The van der Waals surface area contributed by atoms with Crippen molar-refractivity contribution in [3.63, 3.8) is 0 Å². The van der Waals surface area contributed by atoms with Crippen molar-refractivity contribution in [2.45, 2.75) is 18.3 Å². The predicted octanol–water partition coefficient (Wildman–Crippen LogP) is 0.810. The fourth-order valence-electron chi connectivity index (χ4n) is 2.02. The van der Waals surface area contributed by atoms with E-state index in [2.05, 4.69) is 26.2 Å². The first-order valence-corrected chi connectivity index (χ1v) is 6.52. The molecule has 0 aromatic carbocycles. The number of carbonyl (C=O) groups excluding carboxylic acids is 1. The normalized spacial score (nSPS) is 25.6. The molecule has 7 nitrogen and oxygen atoms in total. The molecule has 1 aliphatic rings. The molecule has 0 radical (unpaired) electrons. The number of anilines is 1. The number of hydrogen-bond donors (Lipinski definition) is 3. The number of nitrogens with two attached hydrogens (primary N) is 1. The fourth-order valence-corrected chi connectivity index (χ4v) is 2.36. The van der Waals surface area contributed by atoms with E-state index >= 15 is 0 Å². The van der Waals surface area contributed by atoms with Gasteiger partial charge in [-0.2, -0.15) is 0 Å². The minimum atomic E-state index is -1.57. The third-order valence-electron chi connectivity index (χ3n) is 2.97. The lowest BCUT2D eigenvalue weighted by molar-refractivity contribution is -0.120. The van der Waals surface area contributed by atoms with Crippen molar-refractivity contribution < 1.29 is 19.1 Å². The van der Waals surface area contributed by atoms with Gasteiger partial charge in [0.1, 0.15) is 22.6 Å². The highest BCUT2D eigenvalue weighted by molar-refractivity contribution is 9.10. The molecule has 9 heteroatoms. The molecule has 0 aliphatic carbocycles. The maximum absolute atomic E-state index is 13.5. The van der Waals surface area contributed by atoms with Gasteiger partial charge in [-0.1, -0.05) is 6.07 Å². The van der Waals surface area contributed by atoms with Crippen molar-refractivity contribution in [2.75, 3.05) is 11.9 Å². The van der Waals surface area contributed by atoms with E-state index in [1.165, 1.54) is 6.07 Å². The average molecular weight is 347 g/mol. The van der Waals surface area contributed by atoms with Crippen molar-refractivity contribution in [1.82, 2.24) is 9.88 Å². The predicted molar refractivity (Wildman–Crippen MR) is 72.0 cm³/mol. The molecule has 2 amide bonds. The second kappa shape index (κ2) is 5.71. The van der Waals surface area contributed by atoms with E-state index < -0.39 is 36.8 Å². The summed E-state index contributed by atoms with van der Waals surface area (Å²) in [5.74, 6) is -0.477. The van der Waals surface area contributed by atoms with Gasteiger partial charge in [0, 0.05) is 0 Å². The van der Waals surface area contributed by atoms with E-state index in [0.717, 1.165) is 0 Å². The Kier molecular flexibility index (Phi) is 4.19. The summed E-state index contributed by atoms with van der Waals surface area (Å²) in [6, 6.07) is 2.37. The second-order valence-corrected chi connectivity index (χ2v) is 5.12. The molecule has 3 unspecified atom stereocenters. The molecular formula is C11H12BrFN4O3. The summed E-state index contributed by atoms with van der Waals surface area (Å²) in [5, 5.41) is 11.4. The molecule has 1 saturated heterocycles. The Bertz CT molecular complexity index is 544. The van der Waals surface area contributed by atoms with Crippen LogP contribution >= 0.6 is 15.9 Å². The number of carbonyl (C=O) groups is 2. The second-order valence-electron chi connectivity index (χ2n) is 4.31. The fraction of sp³-hybridized carbons (Fsp3) is 0.364. The van der Waals surface area contributed by atoms with Gasteiger partial charge in [-0.3, -0.25) is 9.69 Å².